The number of carbonyl (C=O) groups is 2. The van der Waals surface area contributed by atoms with E-state index in [9.17, 15) is 18.0 Å². The van der Waals surface area contributed by atoms with Crippen molar-refractivity contribution in [2.75, 3.05) is 5.32 Å². The van der Waals surface area contributed by atoms with E-state index in [0.717, 1.165) is 9.87 Å². The van der Waals surface area contributed by atoms with Gasteiger partial charge in [0, 0.05) is 17.2 Å². The molecule has 0 atom stereocenters. The highest BCUT2D eigenvalue weighted by Crippen LogP contribution is 2.40. The number of rotatable bonds is 4. The summed E-state index contributed by atoms with van der Waals surface area (Å²) in [5.74, 6) is -0.639. The summed E-state index contributed by atoms with van der Waals surface area (Å²) in [4.78, 5) is 25.3. The van der Waals surface area contributed by atoms with Gasteiger partial charge in [0.15, 0.2) is 5.76 Å². The quantitative estimate of drug-likeness (QED) is 0.690. The summed E-state index contributed by atoms with van der Waals surface area (Å²) < 4.78 is 31.9. The van der Waals surface area contributed by atoms with Crippen molar-refractivity contribution in [3.63, 3.8) is 0 Å². The van der Waals surface area contributed by atoms with Gasteiger partial charge in [-0.2, -0.15) is 0 Å². The van der Waals surface area contributed by atoms with Crippen LogP contribution in [-0.2, 0) is 10.0 Å². The minimum Gasteiger partial charge on any atom is -0.354 e. The van der Waals surface area contributed by atoms with Crippen molar-refractivity contribution < 1.29 is 22.5 Å². The van der Waals surface area contributed by atoms with Crippen molar-refractivity contribution in [2.45, 2.75) is 30.7 Å². The van der Waals surface area contributed by atoms with Gasteiger partial charge in [-0.15, -0.1) is 0 Å². The molecule has 2 aliphatic rings. The first-order chi connectivity index (χ1) is 14.4. The Balaban J connectivity index is 1.48. The molecule has 1 aliphatic heterocycles. The lowest BCUT2D eigenvalue weighted by atomic mass is 10.1. The number of aromatic nitrogens is 1. The number of hydrogen-bond donors (Lipinski definition) is 1. The van der Waals surface area contributed by atoms with Crippen molar-refractivity contribution in [3.8, 4) is 11.3 Å². The number of sulfonamides is 1. The molecule has 0 unspecified atom stereocenters. The molecular formula is C21H17N3O5S. The highest BCUT2D eigenvalue weighted by molar-refractivity contribution is 7.90. The van der Waals surface area contributed by atoms with Crippen LogP contribution in [0.4, 0.5) is 5.69 Å². The van der Waals surface area contributed by atoms with E-state index < -0.39 is 21.8 Å². The van der Waals surface area contributed by atoms with Crippen molar-refractivity contribution in [3.05, 3.63) is 65.4 Å². The van der Waals surface area contributed by atoms with E-state index in [0.29, 0.717) is 30.0 Å². The molecule has 2 heterocycles. The van der Waals surface area contributed by atoms with Gasteiger partial charge in [0.25, 0.3) is 21.8 Å². The van der Waals surface area contributed by atoms with Crippen molar-refractivity contribution in [1.82, 2.24) is 9.46 Å². The van der Waals surface area contributed by atoms with Crippen molar-refractivity contribution in [1.29, 1.82) is 0 Å². The molecule has 0 radical (unpaired) electrons. The third-order valence-corrected chi connectivity index (χ3v) is 7.10. The van der Waals surface area contributed by atoms with E-state index in [1.165, 1.54) is 18.2 Å². The molecule has 0 saturated heterocycles. The number of anilines is 1. The minimum absolute atomic E-state index is 0.101. The zero-order valence-electron chi connectivity index (χ0n) is 16.0. The highest BCUT2D eigenvalue weighted by atomic mass is 32.2. The second-order valence-electron chi connectivity index (χ2n) is 7.34. The van der Waals surface area contributed by atoms with Gasteiger partial charge in [0.2, 0.25) is 0 Å². The lowest BCUT2D eigenvalue weighted by Crippen LogP contribution is -2.31. The van der Waals surface area contributed by atoms with Crippen LogP contribution in [0.15, 0.2) is 57.9 Å². The van der Waals surface area contributed by atoms with Gasteiger partial charge in [-0.05, 0) is 38.0 Å². The maximum Gasteiger partial charge on any atom is 0.269 e. The molecule has 9 heteroatoms. The van der Waals surface area contributed by atoms with Crippen LogP contribution in [0.5, 0.6) is 0 Å². The summed E-state index contributed by atoms with van der Waals surface area (Å²) in [5, 5.41) is 6.69. The zero-order valence-corrected chi connectivity index (χ0v) is 16.8. The van der Waals surface area contributed by atoms with E-state index in [1.807, 2.05) is 30.3 Å². The fourth-order valence-corrected chi connectivity index (χ4v) is 5.39. The van der Waals surface area contributed by atoms with Crippen LogP contribution < -0.4 is 5.32 Å². The fourth-order valence-electron chi connectivity index (χ4n) is 3.55. The molecule has 1 fully saturated rings. The number of amides is 2. The summed E-state index contributed by atoms with van der Waals surface area (Å²) in [6, 6.07) is 13.0. The van der Waals surface area contributed by atoms with Gasteiger partial charge >= 0.3 is 0 Å². The number of nitrogens with one attached hydrogen (secondary N) is 1. The average molecular weight is 423 g/mol. The zero-order chi connectivity index (χ0) is 21.0. The molecule has 1 N–H and O–H groups in total. The topological polar surface area (TPSA) is 110 Å². The van der Waals surface area contributed by atoms with Crippen LogP contribution in [0, 0.1) is 6.92 Å². The van der Waals surface area contributed by atoms with Gasteiger partial charge in [0.05, 0.1) is 5.56 Å². The Labute approximate surface area is 172 Å². The summed E-state index contributed by atoms with van der Waals surface area (Å²) in [6.45, 7) is 1.70. The summed E-state index contributed by atoms with van der Waals surface area (Å²) >= 11 is 0. The van der Waals surface area contributed by atoms with Gasteiger partial charge in [-0.1, -0.05) is 35.5 Å². The third kappa shape index (κ3) is 2.81. The van der Waals surface area contributed by atoms with Crippen LogP contribution >= 0.6 is 0 Å². The van der Waals surface area contributed by atoms with Crippen LogP contribution in [0.2, 0.25) is 0 Å². The number of nitrogens with zero attached hydrogens (tertiary/aromatic N) is 2. The molecule has 30 heavy (non-hydrogen) atoms. The Morgan fingerprint density at radius 1 is 1.17 bits per heavy atom. The molecule has 2 aromatic carbocycles. The number of carbonyl (C=O) groups excluding carboxylic acids is 2. The predicted octanol–water partition coefficient (Wildman–Crippen LogP) is 3.21. The molecule has 8 nitrogen and oxygen atoms in total. The minimum atomic E-state index is -3.94. The monoisotopic (exact) mass is 423 g/mol. The van der Waals surface area contributed by atoms with Crippen LogP contribution in [-0.4, -0.2) is 35.7 Å². The Kier molecular flexibility index (Phi) is 4.04. The fraction of sp³-hybridized carbons (Fsp3) is 0.190. The maximum absolute atomic E-state index is 12.9. The average Bonchev–Trinajstić information content (AvgIpc) is 3.47. The van der Waals surface area contributed by atoms with Crippen LogP contribution in [0.25, 0.3) is 11.3 Å². The number of fused-ring (bicyclic) bond motifs is 1. The van der Waals surface area contributed by atoms with Gasteiger partial charge in [-0.25, -0.2) is 12.7 Å². The van der Waals surface area contributed by atoms with Crippen molar-refractivity contribution >= 4 is 27.5 Å². The van der Waals surface area contributed by atoms with Crippen LogP contribution in [0.3, 0.4) is 0 Å². The second-order valence-corrected chi connectivity index (χ2v) is 9.12. The molecular weight excluding hydrogens is 406 g/mol. The summed E-state index contributed by atoms with van der Waals surface area (Å²) in [5.41, 5.74) is 1.87. The van der Waals surface area contributed by atoms with E-state index >= 15 is 0 Å². The third-order valence-electron chi connectivity index (χ3n) is 5.23. The smallest absolute Gasteiger partial charge is 0.269 e. The first-order valence-electron chi connectivity index (χ1n) is 9.44. The molecule has 1 aromatic heterocycles. The van der Waals surface area contributed by atoms with E-state index in [4.69, 9.17) is 4.52 Å². The Morgan fingerprint density at radius 2 is 1.90 bits per heavy atom. The Morgan fingerprint density at radius 3 is 2.60 bits per heavy atom. The standard InChI is InChI=1S/C21H17N3O5S/c1-12-18(19(29-23-12)13-5-3-2-4-6-13)22-20(25)14-7-10-16-17(11-14)30(27,28)24(21(16)26)15-8-9-15/h2-7,10-11,15H,8-9H2,1H3,(H,22,25). The first kappa shape index (κ1) is 18.6. The molecule has 1 saturated carbocycles. The number of aryl methyl sites for hydroxylation is 1. The number of benzene rings is 2. The van der Waals surface area contributed by atoms with E-state index in [-0.39, 0.29) is 22.1 Å². The van der Waals surface area contributed by atoms with Gasteiger partial charge < -0.3 is 9.84 Å². The summed E-state index contributed by atoms with van der Waals surface area (Å²) in [6.07, 6.45) is 1.34. The summed E-state index contributed by atoms with van der Waals surface area (Å²) in [7, 11) is -3.94. The molecule has 3 aromatic rings. The van der Waals surface area contributed by atoms with Crippen LogP contribution in [0.1, 0.15) is 39.3 Å². The largest absolute Gasteiger partial charge is 0.354 e. The van der Waals surface area contributed by atoms with E-state index in [2.05, 4.69) is 10.5 Å². The molecule has 0 spiro atoms. The predicted molar refractivity (Wildman–Crippen MR) is 107 cm³/mol. The molecule has 1 aliphatic carbocycles. The highest BCUT2D eigenvalue weighted by Gasteiger charge is 2.48. The van der Waals surface area contributed by atoms with Crippen molar-refractivity contribution in [2.24, 2.45) is 0 Å². The maximum atomic E-state index is 12.9. The second kappa shape index (κ2) is 6.53. The number of hydrogen-bond acceptors (Lipinski definition) is 6. The van der Waals surface area contributed by atoms with Gasteiger partial charge in [0.1, 0.15) is 16.3 Å². The Hall–Kier alpha value is -3.46. The molecule has 2 amide bonds. The lowest BCUT2D eigenvalue weighted by Gasteiger charge is -2.13. The Bertz CT molecular complexity index is 1290. The molecule has 0 bridgehead atoms. The molecule has 5 rings (SSSR count). The molecule has 152 valence electrons. The lowest BCUT2D eigenvalue weighted by molar-refractivity contribution is 0.0864. The first-order valence-corrected chi connectivity index (χ1v) is 10.9. The SMILES string of the molecule is Cc1noc(-c2ccccc2)c1NC(=O)c1ccc2c(c1)S(=O)(=O)N(C1CC1)C2=O. The normalized spacial score (nSPS) is 17.1. The van der Waals surface area contributed by atoms with Gasteiger partial charge in [-0.3, -0.25) is 9.59 Å². The van der Waals surface area contributed by atoms with E-state index in [1.54, 1.807) is 6.92 Å².